The second kappa shape index (κ2) is 9.09. The van der Waals surface area contributed by atoms with Crippen molar-refractivity contribution >= 4 is 6.34 Å². The maximum Gasteiger partial charge on any atom is 0.234 e. The van der Waals surface area contributed by atoms with Gasteiger partial charge < -0.3 is 18.9 Å². The van der Waals surface area contributed by atoms with Crippen molar-refractivity contribution in [1.82, 2.24) is 4.90 Å². The predicted octanol–water partition coefficient (Wildman–Crippen LogP) is 3.25. The van der Waals surface area contributed by atoms with E-state index in [9.17, 15) is 0 Å². The number of hydrogen-bond acceptors (Lipinski definition) is 5. The quantitative estimate of drug-likeness (QED) is 0.665. The minimum absolute atomic E-state index is 0.158. The molecule has 2 aliphatic heterocycles. The number of hydrogen-bond donors (Lipinski definition) is 0. The molecule has 0 spiro atoms. The minimum atomic E-state index is -1.00. The third-order valence-corrected chi connectivity index (χ3v) is 6.38. The second-order valence-corrected chi connectivity index (χ2v) is 8.56. The summed E-state index contributed by atoms with van der Waals surface area (Å²) in [7, 11) is 3.26. The van der Waals surface area contributed by atoms with E-state index in [1.54, 1.807) is 14.2 Å². The Morgan fingerprint density at radius 3 is 2.00 bits per heavy atom. The lowest BCUT2D eigenvalue weighted by molar-refractivity contribution is -0.565. The van der Waals surface area contributed by atoms with E-state index in [1.165, 1.54) is 11.1 Å². The summed E-state index contributed by atoms with van der Waals surface area (Å²) >= 11 is 0. The van der Waals surface area contributed by atoms with E-state index >= 15 is 0 Å². The molecule has 1 fully saturated rings. The van der Waals surface area contributed by atoms with E-state index in [0.717, 1.165) is 13.1 Å². The fourth-order valence-electron chi connectivity index (χ4n) is 4.35. The van der Waals surface area contributed by atoms with Crippen molar-refractivity contribution < 1.29 is 23.5 Å². The van der Waals surface area contributed by atoms with Crippen LogP contribution in [0.5, 0.6) is 0 Å². The minimum Gasteiger partial charge on any atom is -0.349 e. The van der Waals surface area contributed by atoms with Crippen LogP contribution in [-0.4, -0.2) is 66.9 Å². The second-order valence-electron chi connectivity index (χ2n) is 8.56. The van der Waals surface area contributed by atoms with Gasteiger partial charge in [0.15, 0.2) is 0 Å². The van der Waals surface area contributed by atoms with Gasteiger partial charge in [0, 0.05) is 14.2 Å². The molecular formula is C25H33N2O4+. The van der Waals surface area contributed by atoms with Crippen LogP contribution in [-0.2, 0) is 32.0 Å². The van der Waals surface area contributed by atoms with Gasteiger partial charge in [0.1, 0.15) is 38.4 Å². The molecule has 2 aliphatic rings. The van der Waals surface area contributed by atoms with Crippen LogP contribution >= 0.6 is 0 Å². The molecule has 4 rings (SSSR count). The third kappa shape index (κ3) is 4.67. The molecule has 0 unspecified atom stereocenters. The zero-order valence-electron chi connectivity index (χ0n) is 18.9. The van der Waals surface area contributed by atoms with E-state index in [2.05, 4.69) is 64.3 Å². The number of fused-ring (bicyclic) bond motifs is 1. The van der Waals surface area contributed by atoms with Gasteiger partial charge >= 0.3 is 0 Å². The number of methoxy groups -OCH3 is 2. The number of ether oxygens (including phenoxy) is 4. The highest BCUT2D eigenvalue weighted by atomic mass is 16.8. The molecule has 2 aromatic rings. The highest BCUT2D eigenvalue weighted by Gasteiger charge is 2.58. The summed E-state index contributed by atoms with van der Waals surface area (Å²) in [6.07, 6.45) is 1.89. The van der Waals surface area contributed by atoms with E-state index in [1.807, 2.05) is 26.0 Å². The van der Waals surface area contributed by atoms with Crippen LogP contribution < -0.4 is 0 Å². The van der Waals surface area contributed by atoms with Gasteiger partial charge in [0.25, 0.3) is 0 Å². The molecule has 6 nitrogen and oxygen atoms in total. The Kier molecular flexibility index (Phi) is 6.44. The van der Waals surface area contributed by atoms with E-state index in [0.29, 0.717) is 13.1 Å². The standard InChI is InChI=1S/C25H33N2O4/c1-24(28-3)25(2,29-4)31-23-18-27(16-21-13-9-6-10-14-21)19-26(17-22(23)30-24)15-20-11-7-5-8-12-20/h5-14,19,22-23H,15-18H2,1-4H3/q+1/t22-,23-,24+,25+/m0/s1. The molecule has 6 heteroatoms. The van der Waals surface area contributed by atoms with Gasteiger partial charge in [-0.3, -0.25) is 9.48 Å². The van der Waals surface area contributed by atoms with Gasteiger partial charge in [0.2, 0.25) is 17.9 Å². The molecule has 0 bridgehead atoms. The molecule has 0 amide bonds. The number of rotatable bonds is 6. The van der Waals surface area contributed by atoms with Crippen molar-refractivity contribution in [3.05, 3.63) is 71.8 Å². The van der Waals surface area contributed by atoms with Gasteiger partial charge in [0.05, 0.1) is 0 Å². The van der Waals surface area contributed by atoms with Crippen LogP contribution in [0.15, 0.2) is 60.7 Å². The Morgan fingerprint density at radius 1 is 0.871 bits per heavy atom. The first kappa shape index (κ1) is 22.0. The van der Waals surface area contributed by atoms with E-state index < -0.39 is 11.6 Å². The fourth-order valence-corrected chi connectivity index (χ4v) is 4.35. The van der Waals surface area contributed by atoms with Crippen LogP contribution in [0.2, 0.25) is 0 Å². The number of nitrogens with zero attached hydrogens (tertiary/aromatic N) is 2. The third-order valence-electron chi connectivity index (χ3n) is 6.38. The molecule has 4 atom stereocenters. The van der Waals surface area contributed by atoms with Crippen molar-refractivity contribution in [3.63, 3.8) is 0 Å². The maximum absolute atomic E-state index is 6.52. The Bertz CT molecular complexity index is 891. The summed E-state index contributed by atoms with van der Waals surface area (Å²) in [5.41, 5.74) is 2.51. The summed E-state index contributed by atoms with van der Waals surface area (Å²) < 4.78 is 26.8. The first-order valence-electron chi connectivity index (χ1n) is 10.8. The Hall–Kier alpha value is -2.25. The molecule has 0 N–H and O–H groups in total. The lowest BCUT2D eigenvalue weighted by Crippen LogP contribution is -2.67. The molecule has 2 heterocycles. The molecular weight excluding hydrogens is 392 g/mol. The summed E-state index contributed by atoms with van der Waals surface area (Å²) in [6, 6.07) is 21.0. The van der Waals surface area contributed by atoms with Crippen LogP contribution in [0, 0.1) is 0 Å². The van der Waals surface area contributed by atoms with Crippen molar-refractivity contribution in [3.8, 4) is 0 Å². The van der Waals surface area contributed by atoms with Gasteiger partial charge in [-0.2, -0.15) is 0 Å². The van der Waals surface area contributed by atoms with E-state index in [-0.39, 0.29) is 12.2 Å². The molecule has 166 valence electrons. The lowest BCUT2D eigenvalue weighted by atomic mass is 10.0. The van der Waals surface area contributed by atoms with Gasteiger partial charge in [-0.1, -0.05) is 60.7 Å². The lowest BCUT2D eigenvalue weighted by Gasteiger charge is -2.51. The van der Waals surface area contributed by atoms with Crippen molar-refractivity contribution in [1.29, 1.82) is 0 Å². The number of benzene rings is 2. The van der Waals surface area contributed by atoms with Crippen LogP contribution in [0.25, 0.3) is 0 Å². The first-order valence-corrected chi connectivity index (χ1v) is 10.8. The average molecular weight is 426 g/mol. The Morgan fingerprint density at radius 2 is 1.42 bits per heavy atom. The molecule has 0 aromatic heterocycles. The molecule has 0 radical (unpaired) electrons. The van der Waals surface area contributed by atoms with Crippen molar-refractivity contribution in [2.24, 2.45) is 0 Å². The summed E-state index contributed by atoms with van der Waals surface area (Å²) in [5, 5.41) is 0. The molecule has 0 saturated carbocycles. The highest BCUT2D eigenvalue weighted by molar-refractivity contribution is 5.50. The predicted molar refractivity (Wildman–Crippen MR) is 119 cm³/mol. The average Bonchev–Trinajstić information content (AvgIpc) is 2.93. The fraction of sp³-hybridized carbons (Fsp3) is 0.480. The molecule has 31 heavy (non-hydrogen) atoms. The van der Waals surface area contributed by atoms with Gasteiger partial charge in [-0.25, -0.2) is 0 Å². The normalized spacial score (nSPS) is 31.0. The molecule has 1 saturated heterocycles. The zero-order valence-corrected chi connectivity index (χ0v) is 18.9. The monoisotopic (exact) mass is 425 g/mol. The van der Waals surface area contributed by atoms with Crippen LogP contribution in [0.3, 0.4) is 0 Å². The Balaban J connectivity index is 1.62. The SMILES string of the molecule is CO[C@]1(C)O[C@H]2CN(Cc3ccccc3)C=[N+](Cc3ccccc3)C[C@@H]2O[C@@]1(C)OC. The summed E-state index contributed by atoms with van der Waals surface area (Å²) in [5.74, 6) is -2.01. The highest BCUT2D eigenvalue weighted by Crippen LogP contribution is 2.39. The molecule has 2 aromatic carbocycles. The van der Waals surface area contributed by atoms with Crippen molar-refractivity contribution in [2.75, 3.05) is 27.3 Å². The van der Waals surface area contributed by atoms with Crippen LogP contribution in [0.1, 0.15) is 25.0 Å². The Labute approximate surface area is 185 Å². The topological polar surface area (TPSA) is 43.2 Å². The summed E-state index contributed by atoms with van der Waals surface area (Å²) in [4.78, 5) is 2.30. The summed E-state index contributed by atoms with van der Waals surface area (Å²) in [6.45, 7) is 6.75. The molecule has 0 aliphatic carbocycles. The van der Waals surface area contributed by atoms with Gasteiger partial charge in [-0.05, 0) is 25.0 Å². The van der Waals surface area contributed by atoms with E-state index in [4.69, 9.17) is 18.9 Å². The van der Waals surface area contributed by atoms with Crippen molar-refractivity contribution in [2.45, 2.75) is 50.7 Å². The maximum atomic E-state index is 6.52. The van der Waals surface area contributed by atoms with Gasteiger partial charge in [-0.15, -0.1) is 0 Å². The smallest absolute Gasteiger partial charge is 0.234 e. The first-order chi connectivity index (χ1) is 14.9. The van der Waals surface area contributed by atoms with Crippen LogP contribution in [0.4, 0.5) is 0 Å². The zero-order chi connectivity index (χ0) is 21.9. The largest absolute Gasteiger partial charge is 0.349 e.